The largest absolute Gasteiger partial charge is 0.474 e. The van der Waals surface area contributed by atoms with E-state index in [2.05, 4.69) is 54.2 Å². The van der Waals surface area contributed by atoms with Crippen molar-refractivity contribution in [3.63, 3.8) is 0 Å². The zero-order valence-corrected chi connectivity index (χ0v) is 17.0. The number of anilines is 2. The van der Waals surface area contributed by atoms with E-state index < -0.39 is 0 Å². The van der Waals surface area contributed by atoms with E-state index in [0.717, 1.165) is 48.6 Å². The minimum atomic E-state index is 0.0766. The number of benzene rings is 1. The summed E-state index contributed by atoms with van der Waals surface area (Å²) in [5, 5.41) is 9.85. The number of fused-ring (bicyclic) bond motifs is 1. The molecule has 0 unspecified atom stereocenters. The summed E-state index contributed by atoms with van der Waals surface area (Å²) in [7, 11) is 0. The van der Waals surface area contributed by atoms with E-state index in [4.69, 9.17) is 4.74 Å². The van der Waals surface area contributed by atoms with Crippen molar-refractivity contribution in [3.05, 3.63) is 42.4 Å². The number of nitrogens with zero attached hydrogens (tertiary/aromatic N) is 6. The molecule has 0 radical (unpaired) electrons. The molecule has 0 amide bonds. The quantitative estimate of drug-likeness (QED) is 0.661. The van der Waals surface area contributed by atoms with Gasteiger partial charge >= 0.3 is 0 Å². The fraction of sp³-hybridized carbons (Fsp3) is 0.455. The molecule has 1 saturated heterocycles. The van der Waals surface area contributed by atoms with Crippen LogP contribution in [0.2, 0.25) is 0 Å². The molecule has 0 atom stereocenters. The van der Waals surface area contributed by atoms with Gasteiger partial charge in [0.1, 0.15) is 6.33 Å². The fourth-order valence-corrected chi connectivity index (χ4v) is 3.83. The smallest absolute Gasteiger partial charge is 0.224 e. The molecule has 0 spiro atoms. The summed E-state index contributed by atoms with van der Waals surface area (Å²) >= 11 is 0. The standard InChI is InChI=1S/C22H26N6O/c1-15(2)29-22-18-13-17(5-6-20(18)23-14-24-22)27-9-11-28(12-10-27)21-8-7-19(25-26-21)16-3-4-16/h5-8,13-16H,3-4,9-12H2,1-2H3. The normalized spacial score (nSPS) is 17.2. The van der Waals surface area contributed by atoms with Gasteiger partial charge in [0.15, 0.2) is 5.82 Å². The number of aromatic nitrogens is 4. The van der Waals surface area contributed by atoms with Crippen molar-refractivity contribution >= 4 is 22.4 Å². The van der Waals surface area contributed by atoms with Crippen molar-refractivity contribution < 1.29 is 4.74 Å². The van der Waals surface area contributed by atoms with E-state index in [1.807, 2.05) is 19.9 Å². The highest BCUT2D eigenvalue weighted by molar-refractivity contribution is 5.86. The van der Waals surface area contributed by atoms with E-state index in [-0.39, 0.29) is 6.10 Å². The molecule has 0 bridgehead atoms. The van der Waals surface area contributed by atoms with E-state index in [0.29, 0.717) is 11.8 Å². The monoisotopic (exact) mass is 390 g/mol. The molecule has 29 heavy (non-hydrogen) atoms. The molecule has 0 N–H and O–H groups in total. The van der Waals surface area contributed by atoms with Crippen LogP contribution in [0, 0.1) is 0 Å². The molecule has 3 aromatic rings. The highest BCUT2D eigenvalue weighted by Gasteiger charge is 2.26. The molecule has 2 aliphatic rings. The average molecular weight is 390 g/mol. The molecule has 5 rings (SSSR count). The lowest BCUT2D eigenvalue weighted by Crippen LogP contribution is -2.46. The molecule has 7 heteroatoms. The van der Waals surface area contributed by atoms with E-state index >= 15 is 0 Å². The Hall–Kier alpha value is -2.96. The first kappa shape index (κ1) is 18.1. The number of ether oxygens (including phenoxy) is 1. The van der Waals surface area contributed by atoms with Crippen molar-refractivity contribution in [2.75, 3.05) is 36.0 Å². The van der Waals surface area contributed by atoms with Crippen LogP contribution in [0.15, 0.2) is 36.7 Å². The summed E-state index contributed by atoms with van der Waals surface area (Å²) < 4.78 is 5.88. The predicted molar refractivity (Wildman–Crippen MR) is 114 cm³/mol. The lowest BCUT2D eigenvalue weighted by atomic mass is 10.2. The first-order valence-corrected chi connectivity index (χ1v) is 10.4. The Bertz CT molecular complexity index is 994. The van der Waals surface area contributed by atoms with E-state index in [1.165, 1.54) is 18.5 Å². The summed E-state index contributed by atoms with van der Waals surface area (Å²) in [6.45, 7) is 7.75. The van der Waals surface area contributed by atoms with Crippen molar-refractivity contribution in [2.24, 2.45) is 0 Å². The van der Waals surface area contributed by atoms with E-state index in [1.54, 1.807) is 6.33 Å². The summed E-state index contributed by atoms with van der Waals surface area (Å²) in [6.07, 6.45) is 4.15. The molecular formula is C22H26N6O. The summed E-state index contributed by atoms with van der Waals surface area (Å²) in [5.41, 5.74) is 3.23. The molecule has 3 heterocycles. The van der Waals surface area contributed by atoms with Crippen LogP contribution in [0.5, 0.6) is 5.88 Å². The van der Waals surface area contributed by atoms with Crippen molar-refractivity contribution in [3.8, 4) is 5.88 Å². The van der Waals surface area contributed by atoms with Gasteiger partial charge in [-0.3, -0.25) is 0 Å². The van der Waals surface area contributed by atoms with Gasteiger partial charge in [0, 0.05) is 37.8 Å². The number of rotatable bonds is 5. The Balaban J connectivity index is 1.30. The second-order valence-corrected chi connectivity index (χ2v) is 8.11. The number of hydrogen-bond acceptors (Lipinski definition) is 7. The van der Waals surface area contributed by atoms with Gasteiger partial charge in [-0.25, -0.2) is 9.97 Å². The van der Waals surface area contributed by atoms with Crippen LogP contribution in [-0.2, 0) is 0 Å². The zero-order valence-electron chi connectivity index (χ0n) is 17.0. The van der Waals surface area contributed by atoms with Gasteiger partial charge in [-0.2, -0.15) is 5.10 Å². The Morgan fingerprint density at radius 3 is 2.41 bits per heavy atom. The Kier molecular flexibility index (Phi) is 4.66. The third-order valence-electron chi connectivity index (χ3n) is 5.57. The van der Waals surface area contributed by atoms with Gasteiger partial charge in [0.2, 0.25) is 5.88 Å². The van der Waals surface area contributed by atoms with Crippen molar-refractivity contribution in [2.45, 2.75) is 38.7 Å². The van der Waals surface area contributed by atoms with Crippen LogP contribution in [0.1, 0.15) is 38.3 Å². The maximum Gasteiger partial charge on any atom is 0.224 e. The van der Waals surface area contributed by atoms with Crippen LogP contribution < -0.4 is 14.5 Å². The molecular weight excluding hydrogens is 364 g/mol. The maximum atomic E-state index is 5.88. The van der Waals surface area contributed by atoms with Gasteiger partial charge in [0.25, 0.3) is 0 Å². The highest BCUT2D eigenvalue weighted by atomic mass is 16.5. The van der Waals surface area contributed by atoms with Gasteiger partial charge in [0.05, 0.1) is 22.7 Å². The molecule has 150 valence electrons. The molecule has 7 nitrogen and oxygen atoms in total. The number of hydrogen-bond donors (Lipinski definition) is 0. The third kappa shape index (κ3) is 3.81. The van der Waals surface area contributed by atoms with E-state index in [9.17, 15) is 0 Å². The maximum absolute atomic E-state index is 5.88. The molecule has 1 saturated carbocycles. The van der Waals surface area contributed by atoms with Crippen LogP contribution >= 0.6 is 0 Å². The Labute approximate surface area is 170 Å². The number of piperazine rings is 1. The second-order valence-electron chi connectivity index (χ2n) is 8.11. The second kappa shape index (κ2) is 7.46. The van der Waals surface area contributed by atoms with Crippen molar-refractivity contribution in [1.29, 1.82) is 0 Å². The lowest BCUT2D eigenvalue weighted by Gasteiger charge is -2.36. The van der Waals surface area contributed by atoms with Gasteiger partial charge in [-0.1, -0.05) is 0 Å². The van der Waals surface area contributed by atoms with Gasteiger partial charge in [-0.15, -0.1) is 5.10 Å². The predicted octanol–water partition coefficient (Wildman–Crippen LogP) is 3.41. The highest BCUT2D eigenvalue weighted by Crippen LogP contribution is 2.38. The molecule has 1 aliphatic carbocycles. The average Bonchev–Trinajstić information content (AvgIpc) is 3.59. The third-order valence-corrected chi connectivity index (χ3v) is 5.57. The summed E-state index contributed by atoms with van der Waals surface area (Å²) in [5.74, 6) is 2.28. The molecule has 2 aromatic heterocycles. The first-order valence-electron chi connectivity index (χ1n) is 10.4. The van der Waals surface area contributed by atoms with Gasteiger partial charge < -0.3 is 14.5 Å². The summed E-state index contributed by atoms with van der Waals surface area (Å²) in [6, 6.07) is 10.6. The van der Waals surface area contributed by atoms with Crippen LogP contribution in [0.4, 0.5) is 11.5 Å². The molecule has 2 fully saturated rings. The fourth-order valence-electron chi connectivity index (χ4n) is 3.83. The van der Waals surface area contributed by atoms with Crippen LogP contribution in [0.25, 0.3) is 10.9 Å². The lowest BCUT2D eigenvalue weighted by molar-refractivity contribution is 0.235. The summed E-state index contributed by atoms with van der Waals surface area (Å²) in [4.78, 5) is 13.4. The Morgan fingerprint density at radius 2 is 1.72 bits per heavy atom. The Morgan fingerprint density at radius 1 is 0.931 bits per heavy atom. The minimum Gasteiger partial charge on any atom is -0.474 e. The van der Waals surface area contributed by atoms with Crippen LogP contribution in [-0.4, -0.2) is 52.4 Å². The van der Waals surface area contributed by atoms with Gasteiger partial charge in [-0.05, 0) is 57.0 Å². The molecule has 1 aromatic carbocycles. The van der Waals surface area contributed by atoms with Crippen LogP contribution in [0.3, 0.4) is 0 Å². The SMILES string of the molecule is CC(C)Oc1ncnc2ccc(N3CCN(c4ccc(C5CC5)nn4)CC3)cc12. The topological polar surface area (TPSA) is 67.3 Å². The molecule has 1 aliphatic heterocycles. The first-order chi connectivity index (χ1) is 14.2. The zero-order chi connectivity index (χ0) is 19.8. The minimum absolute atomic E-state index is 0.0766. The van der Waals surface area contributed by atoms with Crippen molar-refractivity contribution in [1.82, 2.24) is 20.2 Å².